The van der Waals surface area contributed by atoms with E-state index in [4.69, 9.17) is 4.74 Å². The fraction of sp³-hybridized carbons (Fsp3) is 0.312. The van der Waals surface area contributed by atoms with Gasteiger partial charge in [0.05, 0.1) is 11.6 Å². The number of likely N-dealkylation sites (N-methyl/N-ethyl adjacent to an activating group) is 1. The molecule has 2 rings (SSSR count). The van der Waals surface area contributed by atoms with E-state index >= 15 is 0 Å². The minimum atomic E-state index is -0.311. The number of H-pyrrole nitrogens is 1. The number of ether oxygens (including phenoxy) is 1. The van der Waals surface area contributed by atoms with Gasteiger partial charge in [-0.25, -0.2) is 0 Å². The first kappa shape index (κ1) is 18.0. The second-order valence-electron chi connectivity index (χ2n) is 5.11. The summed E-state index contributed by atoms with van der Waals surface area (Å²) in [6.45, 7) is 3.94. The Hall–Kier alpha value is -2.35. The van der Waals surface area contributed by atoms with E-state index in [-0.39, 0.29) is 24.1 Å². The number of hydrogen-bond acceptors (Lipinski definition) is 4. The Bertz CT molecular complexity index is 745. The standard InChI is InChI=1S/C16H19BrN4O3/c1-4-21(16(23)15-14(17)10(2)19-20-15)9-13(22)18-11-6-5-7-12(8-11)24-3/h5-8H,4,9H2,1-3H3,(H,18,22)(H,19,20). The second-order valence-corrected chi connectivity index (χ2v) is 5.90. The summed E-state index contributed by atoms with van der Waals surface area (Å²) in [4.78, 5) is 26.2. The molecule has 0 aliphatic rings. The van der Waals surface area contributed by atoms with Crippen molar-refractivity contribution in [1.82, 2.24) is 15.1 Å². The summed E-state index contributed by atoms with van der Waals surface area (Å²) in [6, 6.07) is 7.03. The van der Waals surface area contributed by atoms with E-state index < -0.39 is 0 Å². The van der Waals surface area contributed by atoms with Gasteiger partial charge in [0, 0.05) is 24.0 Å². The van der Waals surface area contributed by atoms with Gasteiger partial charge in [0.25, 0.3) is 5.91 Å². The molecule has 7 nitrogen and oxygen atoms in total. The van der Waals surface area contributed by atoms with E-state index in [0.29, 0.717) is 22.5 Å². The molecule has 0 radical (unpaired) electrons. The van der Waals surface area contributed by atoms with E-state index in [9.17, 15) is 9.59 Å². The zero-order valence-corrected chi connectivity index (χ0v) is 15.3. The monoisotopic (exact) mass is 394 g/mol. The molecule has 0 aliphatic carbocycles. The van der Waals surface area contributed by atoms with Crippen LogP contribution in [0.15, 0.2) is 28.7 Å². The molecule has 128 valence electrons. The minimum Gasteiger partial charge on any atom is -0.497 e. The topological polar surface area (TPSA) is 87.3 Å². The Labute approximate surface area is 148 Å². The molecule has 1 heterocycles. The molecule has 0 saturated heterocycles. The van der Waals surface area contributed by atoms with Crippen molar-refractivity contribution >= 4 is 33.4 Å². The third kappa shape index (κ3) is 4.14. The number of anilines is 1. The lowest BCUT2D eigenvalue weighted by molar-refractivity contribution is -0.116. The van der Waals surface area contributed by atoms with Crippen LogP contribution in [0.4, 0.5) is 5.69 Å². The lowest BCUT2D eigenvalue weighted by Gasteiger charge is -2.19. The second kappa shape index (κ2) is 7.96. The SMILES string of the molecule is CCN(CC(=O)Nc1cccc(OC)c1)C(=O)c1n[nH]c(C)c1Br. The maximum atomic E-state index is 12.5. The molecular weight excluding hydrogens is 376 g/mol. The summed E-state index contributed by atoms with van der Waals surface area (Å²) in [5, 5.41) is 9.49. The van der Waals surface area contributed by atoms with Crippen LogP contribution in [0.3, 0.4) is 0 Å². The zero-order valence-electron chi connectivity index (χ0n) is 13.7. The molecule has 2 N–H and O–H groups in total. The number of hydrogen-bond donors (Lipinski definition) is 2. The quantitative estimate of drug-likeness (QED) is 0.787. The molecule has 2 amide bonds. The smallest absolute Gasteiger partial charge is 0.275 e. The van der Waals surface area contributed by atoms with Gasteiger partial charge in [-0.3, -0.25) is 14.7 Å². The molecule has 0 aliphatic heterocycles. The molecule has 1 aromatic carbocycles. The van der Waals surface area contributed by atoms with Crippen molar-refractivity contribution in [2.75, 3.05) is 25.5 Å². The number of nitrogens with zero attached hydrogens (tertiary/aromatic N) is 2. The van der Waals surface area contributed by atoms with E-state index in [1.54, 1.807) is 38.3 Å². The molecule has 0 bridgehead atoms. The van der Waals surface area contributed by atoms with Gasteiger partial charge in [0.15, 0.2) is 5.69 Å². The molecule has 8 heteroatoms. The maximum absolute atomic E-state index is 12.5. The third-order valence-electron chi connectivity index (χ3n) is 3.43. The molecule has 0 unspecified atom stereocenters. The van der Waals surface area contributed by atoms with Crippen LogP contribution in [-0.4, -0.2) is 47.1 Å². The first-order chi connectivity index (χ1) is 11.5. The number of rotatable bonds is 6. The Kier molecular flexibility index (Phi) is 5.97. The van der Waals surface area contributed by atoms with Gasteiger partial charge in [-0.05, 0) is 41.9 Å². The first-order valence-corrected chi connectivity index (χ1v) is 8.19. The number of aromatic nitrogens is 2. The highest BCUT2D eigenvalue weighted by atomic mass is 79.9. The molecule has 0 spiro atoms. The highest BCUT2D eigenvalue weighted by molar-refractivity contribution is 9.10. The average molecular weight is 395 g/mol. The van der Waals surface area contributed by atoms with Crippen molar-refractivity contribution in [3.05, 3.63) is 40.1 Å². The number of carbonyl (C=O) groups is 2. The van der Waals surface area contributed by atoms with Crippen LogP contribution >= 0.6 is 15.9 Å². The zero-order chi connectivity index (χ0) is 17.7. The van der Waals surface area contributed by atoms with Gasteiger partial charge < -0.3 is 15.0 Å². The van der Waals surface area contributed by atoms with Crippen LogP contribution in [0.5, 0.6) is 5.75 Å². The largest absolute Gasteiger partial charge is 0.497 e. The number of amides is 2. The molecule has 24 heavy (non-hydrogen) atoms. The normalized spacial score (nSPS) is 10.3. The van der Waals surface area contributed by atoms with Gasteiger partial charge in [-0.15, -0.1) is 0 Å². The van der Waals surface area contributed by atoms with Crippen LogP contribution in [0.1, 0.15) is 23.1 Å². The van der Waals surface area contributed by atoms with Crippen LogP contribution in [0, 0.1) is 6.92 Å². The number of benzene rings is 1. The Balaban J connectivity index is 2.05. The van der Waals surface area contributed by atoms with Crippen molar-refractivity contribution in [2.24, 2.45) is 0 Å². The van der Waals surface area contributed by atoms with E-state index in [1.165, 1.54) is 4.90 Å². The van der Waals surface area contributed by atoms with Crippen molar-refractivity contribution in [3.8, 4) is 5.75 Å². The lowest BCUT2D eigenvalue weighted by Crippen LogP contribution is -2.38. The number of halogens is 1. The van der Waals surface area contributed by atoms with Gasteiger partial charge in [0.1, 0.15) is 12.3 Å². The fourth-order valence-corrected chi connectivity index (χ4v) is 2.46. The molecular formula is C16H19BrN4O3. The Morgan fingerprint density at radius 1 is 1.42 bits per heavy atom. The van der Waals surface area contributed by atoms with Crippen molar-refractivity contribution in [1.29, 1.82) is 0 Å². The summed E-state index contributed by atoms with van der Waals surface area (Å²) < 4.78 is 5.73. The molecule has 1 aromatic heterocycles. The predicted octanol–water partition coefficient (Wildman–Crippen LogP) is 2.59. The van der Waals surface area contributed by atoms with E-state index in [1.807, 2.05) is 6.92 Å². The van der Waals surface area contributed by atoms with Crippen molar-refractivity contribution in [2.45, 2.75) is 13.8 Å². The summed E-state index contributed by atoms with van der Waals surface area (Å²) in [6.07, 6.45) is 0. The third-order valence-corrected chi connectivity index (χ3v) is 4.40. The van der Waals surface area contributed by atoms with Gasteiger partial charge in [0.2, 0.25) is 5.91 Å². The van der Waals surface area contributed by atoms with Crippen LogP contribution < -0.4 is 10.1 Å². The van der Waals surface area contributed by atoms with E-state index in [0.717, 1.165) is 5.69 Å². The molecule has 2 aromatic rings. The number of aromatic amines is 1. The molecule has 0 saturated carbocycles. The Morgan fingerprint density at radius 2 is 2.17 bits per heavy atom. The average Bonchev–Trinajstić information content (AvgIpc) is 2.91. The maximum Gasteiger partial charge on any atom is 0.275 e. The number of carbonyl (C=O) groups excluding carboxylic acids is 2. The summed E-state index contributed by atoms with van der Waals surface area (Å²) in [5.74, 6) is 0.0449. The van der Waals surface area contributed by atoms with Crippen molar-refractivity contribution in [3.63, 3.8) is 0 Å². The number of methoxy groups -OCH3 is 1. The lowest BCUT2D eigenvalue weighted by atomic mass is 10.3. The van der Waals surface area contributed by atoms with Crippen LogP contribution in [0.2, 0.25) is 0 Å². The van der Waals surface area contributed by atoms with Gasteiger partial charge in [-0.2, -0.15) is 5.10 Å². The Morgan fingerprint density at radius 3 is 2.75 bits per heavy atom. The van der Waals surface area contributed by atoms with Gasteiger partial charge >= 0.3 is 0 Å². The molecule has 0 fully saturated rings. The number of nitrogens with one attached hydrogen (secondary N) is 2. The number of aryl methyl sites for hydroxylation is 1. The highest BCUT2D eigenvalue weighted by Crippen LogP contribution is 2.20. The summed E-state index contributed by atoms with van der Waals surface area (Å²) >= 11 is 3.33. The van der Waals surface area contributed by atoms with Gasteiger partial charge in [-0.1, -0.05) is 6.07 Å². The summed E-state index contributed by atoms with van der Waals surface area (Å²) in [5.41, 5.74) is 1.64. The first-order valence-electron chi connectivity index (χ1n) is 7.39. The minimum absolute atomic E-state index is 0.0646. The highest BCUT2D eigenvalue weighted by Gasteiger charge is 2.23. The van der Waals surface area contributed by atoms with Crippen LogP contribution in [-0.2, 0) is 4.79 Å². The predicted molar refractivity (Wildman–Crippen MR) is 94.2 cm³/mol. The van der Waals surface area contributed by atoms with Crippen molar-refractivity contribution < 1.29 is 14.3 Å². The molecule has 0 atom stereocenters. The van der Waals surface area contributed by atoms with E-state index in [2.05, 4.69) is 31.4 Å². The summed E-state index contributed by atoms with van der Waals surface area (Å²) in [7, 11) is 1.56. The van der Waals surface area contributed by atoms with Crippen LogP contribution in [0.25, 0.3) is 0 Å². The fourth-order valence-electron chi connectivity index (χ4n) is 2.11.